The van der Waals surface area contributed by atoms with Gasteiger partial charge in [-0.1, -0.05) is 12.1 Å². The standard InChI is InChI=1S/C15H20FN3O4.C6H12N2O3/c1-8(13(20)19-9(2)15(22)23)18-14(21)12(17)7-10-4-3-5-11(16)6-10;1-3(7)5(9)8-4(2)6(10)11/h3-6,8-9,12H,7,17H2,1-2H3,(H,18,21)(H,19,20)(H,22,23);3-4H,7H2,1-2H3,(H,8,9)(H,10,11)/t8-,9-,12-;3-,4-/m00/s1. The average molecular weight is 486 g/mol. The summed E-state index contributed by atoms with van der Waals surface area (Å²) in [5.41, 5.74) is 11.5. The molecule has 0 radical (unpaired) electrons. The maximum atomic E-state index is 13.1. The zero-order valence-corrected chi connectivity index (χ0v) is 19.4. The highest BCUT2D eigenvalue weighted by Gasteiger charge is 2.23. The maximum absolute atomic E-state index is 13.1. The van der Waals surface area contributed by atoms with Gasteiger partial charge in [-0.25, -0.2) is 4.39 Å². The molecule has 1 aromatic rings. The van der Waals surface area contributed by atoms with Gasteiger partial charge in [-0.15, -0.1) is 0 Å². The van der Waals surface area contributed by atoms with Crippen molar-refractivity contribution in [1.82, 2.24) is 16.0 Å². The number of benzene rings is 1. The lowest BCUT2D eigenvalue weighted by Crippen LogP contribution is -2.53. The van der Waals surface area contributed by atoms with Gasteiger partial charge in [-0.3, -0.25) is 24.0 Å². The maximum Gasteiger partial charge on any atom is 0.325 e. The van der Waals surface area contributed by atoms with Crippen molar-refractivity contribution in [3.05, 3.63) is 35.6 Å². The molecule has 12 nitrogen and oxygen atoms in total. The third kappa shape index (κ3) is 11.9. The Bertz CT molecular complexity index is 881. The summed E-state index contributed by atoms with van der Waals surface area (Å²) in [6.45, 7) is 5.59. The lowest BCUT2D eigenvalue weighted by molar-refractivity contribution is -0.141. The molecule has 0 fully saturated rings. The third-order valence-electron chi connectivity index (χ3n) is 4.31. The number of nitrogens with one attached hydrogen (secondary N) is 3. The molecule has 0 aliphatic heterocycles. The molecule has 0 aromatic heterocycles. The van der Waals surface area contributed by atoms with Crippen LogP contribution >= 0.6 is 0 Å². The molecule has 0 saturated heterocycles. The molecule has 0 heterocycles. The normalized spacial score (nSPS) is 14.7. The first kappa shape index (κ1) is 30.4. The Morgan fingerprint density at radius 3 is 1.74 bits per heavy atom. The highest BCUT2D eigenvalue weighted by atomic mass is 19.1. The van der Waals surface area contributed by atoms with Crippen LogP contribution in [0.3, 0.4) is 0 Å². The molecule has 1 rings (SSSR count). The third-order valence-corrected chi connectivity index (χ3v) is 4.31. The first-order chi connectivity index (χ1) is 15.6. The van der Waals surface area contributed by atoms with E-state index in [1.807, 2.05) is 0 Å². The molecular formula is C21H32FN5O7. The second-order valence-electron chi connectivity index (χ2n) is 7.60. The van der Waals surface area contributed by atoms with Crippen LogP contribution in [-0.4, -0.2) is 70.1 Å². The van der Waals surface area contributed by atoms with Crippen LogP contribution in [0.25, 0.3) is 0 Å². The molecule has 0 aliphatic carbocycles. The number of carboxylic acid groups (broad SMARTS) is 2. The first-order valence-electron chi connectivity index (χ1n) is 10.3. The molecule has 9 N–H and O–H groups in total. The van der Waals surface area contributed by atoms with Gasteiger partial charge < -0.3 is 37.6 Å². The summed E-state index contributed by atoms with van der Waals surface area (Å²) in [6, 6.07) is 1.20. The minimum Gasteiger partial charge on any atom is -0.480 e. The fraction of sp³-hybridized carbons (Fsp3) is 0.476. The van der Waals surface area contributed by atoms with E-state index in [0.29, 0.717) is 5.56 Å². The summed E-state index contributed by atoms with van der Waals surface area (Å²) >= 11 is 0. The quantitative estimate of drug-likeness (QED) is 0.210. The van der Waals surface area contributed by atoms with Gasteiger partial charge in [0.15, 0.2) is 0 Å². The van der Waals surface area contributed by atoms with E-state index < -0.39 is 65.7 Å². The van der Waals surface area contributed by atoms with E-state index in [1.165, 1.54) is 45.9 Å². The summed E-state index contributed by atoms with van der Waals surface area (Å²) in [5, 5.41) is 23.9. The molecule has 0 bridgehead atoms. The summed E-state index contributed by atoms with van der Waals surface area (Å²) in [7, 11) is 0. The second-order valence-corrected chi connectivity index (χ2v) is 7.60. The van der Waals surface area contributed by atoms with Crippen molar-refractivity contribution in [2.75, 3.05) is 0 Å². The lowest BCUT2D eigenvalue weighted by atomic mass is 10.1. The van der Waals surface area contributed by atoms with Crippen LogP contribution < -0.4 is 27.4 Å². The molecule has 0 aliphatic rings. The van der Waals surface area contributed by atoms with Gasteiger partial charge in [-0.2, -0.15) is 0 Å². The molecule has 0 spiro atoms. The monoisotopic (exact) mass is 485 g/mol. The highest BCUT2D eigenvalue weighted by molar-refractivity contribution is 5.91. The van der Waals surface area contributed by atoms with Crippen molar-refractivity contribution < 1.29 is 38.6 Å². The first-order valence-corrected chi connectivity index (χ1v) is 10.3. The van der Waals surface area contributed by atoms with Crippen molar-refractivity contribution in [2.24, 2.45) is 11.5 Å². The van der Waals surface area contributed by atoms with Crippen LogP contribution in [0.1, 0.15) is 33.3 Å². The van der Waals surface area contributed by atoms with Gasteiger partial charge in [0, 0.05) is 0 Å². The van der Waals surface area contributed by atoms with Crippen LogP contribution in [0.15, 0.2) is 24.3 Å². The molecule has 0 unspecified atom stereocenters. The van der Waals surface area contributed by atoms with E-state index in [0.717, 1.165) is 0 Å². The van der Waals surface area contributed by atoms with Crippen LogP contribution in [0, 0.1) is 5.82 Å². The Labute approximate surface area is 196 Å². The molecule has 13 heteroatoms. The van der Waals surface area contributed by atoms with Crippen molar-refractivity contribution in [3.8, 4) is 0 Å². The topological polar surface area (TPSA) is 214 Å². The largest absolute Gasteiger partial charge is 0.480 e. The van der Waals surface area contributed by atoms with Crippen LogP contribution in [0.4, 0.5) is 4.39 Å². The molecule has 5 atom stereocenters. The predicted octanol–water partition coefficient (Wildman–Crippen LogP) is -1.29. The summed E-state index contributed by atoms with van der Waals surface area (Å²) in [4.78, 5) is 55.3. The molecule has 34 heavy (non-hydrogen) atoms. The Morgan fingerprint density at radius 2 is 1.29 bits per heavy atom. The van der Waals surface area contributed by atoms with Crippen LogP contribution in [-0.2, 0) is 30.4 Å². The average Bonchev–Trinajstić information content (AvgIpc) is 2.73. The predicted molar refractivity (Wildman–Crippen MR) is 120 cm³/mol. The van der Waals surface area contributed by atoms with E-state index in [-0.39, 0.29) is 6.42 Å². The van der Waals surface area contributed by atoms with Crippen molar-refractivity contribution in [3.63, 3.8) is 0 Å². The van der Waals surface area contributed by atoms with Crippen LogP contribution in [0.5, 0.6) is 0 Å². The number of nitrogens with two attached hydrogens (primary N) is 2. The Balaban J connectivity index is 0.000000833. The number of hydrogen-bond acceptors (Lipinski definition) is 7. The number of hydrogen-bond donors (Lipinski definition) is 7. The smallest absolute Gasteiger partial charge is 0.325 e. The minimum atomic E-state index is -1.18. The van der Waals surface area contributed by atoms with Crippen molar-refractivity contribution in [2.45, 2.75) is 64.3 Å². The van der Waals surface area contributed by atoms with E-state index in [4.69, 9.17) is 21.7 Å². The number of carbonyl (C=O) groups excluding carboxylic acids is 3. The van der Waals surface area contributed by atoms with Gasteiger partial charge in [0.2, 0.25) is 17.7 Å². The minimum absolute atomic E-state index is 0.115. The Morgan fingerprint density at radius 1 is 0.824 bits per heavy atom. The van der Waals surface area contributed by atoms with Crippen LogP contribution in [0.2, 0.25) is 0 Å². The van der Waals surface area contributed by atoms with E-state index in [2.05, 4.69) is 16.0 Å². The number of aliphatic carboxylic acids is 2. The van der Waals surface area contributed by atoms with Crippen molar-refractivity contribution >= 4 is 29.7 Å². The van der Waals surface area contributed by atoms with E-state index in [1.54, 1.807) is 6.07 Å². The highest BCUT2D eigenvalue weighted by Crippen LogP contribution is 2.06. The van der Waals surface area contributed by atoms with Gasteiger partial charge in [0.05, 0.1) is 12.1 Å². The fourth-order valence-corrected chi connectivity index (χ4v) is 2.20. The number of carbonyl (C=O) groups is 5. The SMILES string of the molecule is C[C@H](N)C(=O)N[C@@H](C)C(=O)O.C[C@H](NC(=O)[C@H](C)NC(=O)[C@@H](N)Cc1cccc(F)c1)C(=O)O. The molecule has 190 valence electrons. The summed E-state index contributed by atoms with van der Waals surface area (Å²) in [6.07, 6.45) is 0.115. The zero-order valence-electron chi connectivity index (χ0n) is 19.4. The number of rotatable bonds is 10. The molecular weight excluding hydrogens is 453 g/mol. The molecule has 3 amide bonds. The fourth-order valence-electron chi connectivity index (χ4n) is 2.20. The number of carboxylic acids is 2. The molecule has 1 aromatic carbocycles. The van der Waals surface area contributed by atoms with Gasteiger partial charge in [-0.05, 0) is 51.8 Å². The Hall–Kier alpha value is -3.58. The summed E-state index contributed by atoms with van der Waals surface area (Å²) < 4.78 is 13.1. The number of amides is 3. The van der Waals surface area contributed by atoms with E-state index >= 15 is 0 Å². The van der Waals surface area contributed by atoms with Crippen molar-refractivity contribution in [1.29, 1.82) is 0 Å². The van der Waals surface area contributed by atoms with Gasteiger partial charge in [0.25, 0.3) is 0 Å². The zero-order chi connectivity index (χ0) is 26.6. The van der Waals surface area contributed by atoms with Gasteiger partial charge in [0.1, 0.15) is 23.9 Å². The molecule has 0 saturated carbocycles. The lowest BCUT2D eigenvalue weighted by Gasteiger charge is -2.18. The second kappa shape index (κ2) is 14.5. The van der Waals surface area contributed by atoms with Gasteiger partial charge >= 0.3 is 11.9 Å². The summed E-state index contributed by atoms with van der Waals surface area (Å²) in [5.74, 6) is -4.35. The van der Waals surface area contributed by atoms with E-state index in [9.17, 15) is 28.4 Å². The Kier molecular flexibility index (Phi) is 13.0. The number of halogens is 1.